The van der Waals surface area contributed by atoms with Crippen molar-refractivity contribution in [2.24, 2.45) is 5.73 Å². The lowest BCUT2D eigenvalue weighted by Gasteiger charge is -2.30. The van der Waals surface area contributed by atoms with Crippen LogP contribution >= 0.6 is 0 Å². The predicted octanol–water partition coefficient (Wildman–Crippen LogP) is 3.12. The van der Waals surface area contributed by atoms with Crippen LogP contribution in [0.3, 0.4) is 0 Å². The second kappa shape index (κ2) is 4.31. The molecule has 2 unspecified atom stereocenters. The molecule has 1 nitrogen and oxygen atoms in total. The van der Waals surface area contributed by atoms with Crippen LogP contribution in [0, 0.1) is 12.7 Å². The van der Waals surface area contributed by atoms with Crippen molar-refractivity contribution < 1.29 is 4.39 Å². The molecule has 2 N–H and O–H groups in total. The number of nitrogens with two attached hydrogens (primary N) is 1. The fourth-order valence-corrected chi connectivity index (χ4v) is 2.60. The maximum Gasteiger partial charge on any atom is 0.123 e. The summed E-state index contributed by atoms with van der Waals surface area (Å²) in [4.78, 5) is 0. The molecule has 1 fully saturated rings. The van der Waals surface area contributed by atoms with E-state index in [4.69, 9.17) is 5.73 Å². The predicted molar refractivity (Wildman–Crippen MR) is 60.3 cm³/mol. The molecule has 2 heteroatoms. The number of rotatable bonds is 1. The van der Waals surface area contributed by atoms with E-state index in [1.54, 1.807) is 12.1 Å². The third-order valence-electron chi connectivity index (χ3n) is 3.45. The van der Waals surface area contributed by atoms with Crippen molar-refractivity contribution in [3.8, 4) is 0 Å². The number of hydrogen-bond acceptors (Lipinski definition) is 1. The Balaban J connectivity index is 2.27. The highest BCUT2D eigenvalue weighted by atomic mass is 19.1. The summed E-state index contributed by atoms with van der Waals surface area (Å²) < 4.78 is 13.0. The van der Waals surface area contributed by atoms with E-state index in [-0.39, 0.29) is 11.9 Å². The molecule has 0 aliphatic heterocycles. The average molecular weight is 207 g/mol. The van der Waals surface area contributed by atoms with Gasteiger partial charge in [-0.05, 0) is 48.9 Å². The van der Waals surface area contributed by atoms with Crippen LogP contribution in [-0.2, 0) is 0 Å². The molecule has 0 bridgehead atoms. The summed E-state index contributed by atoms with van der Waals surface area (Å²) >= 11 is 0. The number of hydrogen-bond donors (Lipinski definition) is 1. The summed E-state index contributed by atoms with van der Waals surface area (Å²) in [5, 5.41) is 0. The van der Waals surface area contributed by atoms with Crippen LogP contribution in [0.5, 0.6) is 0 Å². The van der Waals surface area contributed by atoms with Crippen molar-refractivity contribution >= 4 is 0 Å². The van der Waals surface area contributed by atoms with Gasteiger partial charge in [-0.25, -0.2) is 4.39 Å². The number of halogens is 1. The lowest BCUT2D eigenvalue weighted by molar-refractivity contribution is 0.384. The molecule has 15 heavy (non-hydrogen) atoms. The van der Waals surface area contributed by atoms with E-state index in [9.17, 15) is 4.39 Å². The zero-order valence-electron chi connectivity index (χ0n) is 9.17. The van der Waals surface area contributed by atoms with Gasteiger partial charge in [0.25, 0.3) is 0 Å². The first-order valence-electron chi connectivity index (χ1n) is 5.70. The summed E-state index contributed by atoms with van der Waals surface area (Å²) in [5.74, 6) is 0.278. The molecule has 1 saturated carbocycles. The largest absolute Gasteiger partial charge is 0.327 e. The number of aryl methyl sites for hydroxylation is 1. The van der Waals surface area contributed by atoms with Crippen LogP contribution < -0.4 is 5.73 Å². The lowest BCUT2D eigenvalue weighted by atomic mass is 9.79. The van der Waals surface area contributed by atoms with Crippen molar-refractivity contribution in [2.75, 3.05) is 0 Å². The topological polar surface area (TPSA) is 26.0 Å². The molecule has 2 rings (SSSR count). The molecule has 0 saturated heterocycles. The van der Waals surface area contributed by atoms with E-state index >= 15 is 0 Å². The summed E-state index contributed by atoms with van der Waals surface area (Å²) in [6.45, 7) is 1.97. The third-order valence-corrected chi connectivity index (χ3v) is 3.45. The van der Waals surface area contributed by atoms with Gasteiger partial charge >= 0.3 is 0 Å². The van der Waals surface area contributed by atoms with E-state index in [0.717, 1.165) is 18.4 Å². The Morgan fingerprint density at radius 1 is 1.27 bits per heavy atom. The highest BCUT2D eigenvalue weighted by molar-refractivity contribution is 5.31. The van der Waals surface area contributed by atoms with Crippen LogP contribution in [0.1, 0.15) is 42.7 Å². The highest BCUT2D eigenvalue weighted by Crippen LogP contribution is 2.33. The van der Waals surface area contributed by atoms with E-state index < -0.39 is 0 Å². The Bertz CT molecular complexity index is 348. The maximum absolute atomic E-state index is 13.0. The normalized spacial score (nSPS) is 26.6. The van der Waals surface area contributed by atoms with E-state index in [1.165, 1.54) is 18.4 Å². The summed E-state index contributed by atoms with van der Waals surface area (Å²) in [7, 11) is 0. The van der Waals surface area contributed by atoms with Gasteiger partial charge in [0.05, 0.1) is 0 Å². The molecular formula is C13H18FN. The molecule has 0 heterocycles. The Labute approximate surface area is 90.5 Å². The molecule has 1 aromatic rings. The highest BCUT2D eigenvalue weighted by Gasteiger charge is 2.24. The van der Waals surface area contributed by atoms with Crippen molar-refractivity contribution in [1.29, 1.82) is 0 Å². The van der Waals surface area contributed by atoms with Crippen LogP contribution in [0.4, 0.5) is 4.39 Å². The van der Waals surface area contributed by atoms with Gasteiger partial charge in [-0.15, -0.1) is 0 Å². The van der Waals surface area contributed by atoms with Gasteiger partial charge in [0, 0.05) is 6.04 Å². The van der Waals surface area contributed by atoms with Gasteiger partial charge in [0.1, 0.15) is 5.82 Å². The molecule has 0 radical (unpaired) electrons. The van der Waals surface area contributed by atoms with Crippen molar-refractivity contribution in [3.63, 3.8) is 0 Å². The molecule has 82 valence electrons. The quantitative estimate of drug-likeness (QED) is 0.752. The summed E-state index contributed by atoms with van der Waals surface area (Å²) in [6, 6.07) is 5.31. The minimum Gasteiger partial charge on any atom is -0.327 e. The standard InChI is InChI=1S/C13H18FN/c1-9-8-10(14)6-7-11(9)12-4-2-3-5-13(12)15/h6-8,12-13H,2-5,15H2,1H3. The molecule has 2 atom stereocenters. The van der Waals surface area contributed by atoms with E-state index in [1.807, 2.05) is 13.0 Å². The van der Waals surface area contributed by atoms with Gasteiger partial charge in [0.15, 0.2) is 0 Å². The summed E-state index contributed by atoms with van der Waals surface area (Å²) in [5.41, 5.74) is 8.40. The summed E-state index contributed by atoms with van der Waals surface area (Å²) in [6.07, 6.45) is 4.72. The Morgan fingerprint density at radius 2 is 2.00 bits per heavy atom. The van der Waals surface area contributed by atoms with E-state index in [2.05, 4.69) is 0 Å². The van der Waals surface area contributed by atoms with Gasteiger partial charge < -0.3 is 5.73 Å². The Morgan fingerprint density at radius 3 is 2.67 bits per heavy atom. The molecule has 0 amide bonds. The fraction of sp³-hybridized carbons (Fsp3) is 0.538. The van der Waals surface area contributed by atoms with Gasteiger partial charge in [-0.1, -0.05) is 18.9 Å². The molecule has 0 aromatic heterocycles. The maximum atomic E-state index is 13.0. The first-order chi connectivity index (χ1) is 7.18. The van der Waals surface area contributed by atoms with Crippen LogP contribution in [0.2, 0.25) is 0 Å². The van der Waals surface area contributed by atoms with Crippen LogP contribution in [0.15, 0.2) is 18.2 Å². The first-order valence-corrected chi connectivity index (χ1v) is 5.70. The number of benzene rings is 1. The van der Waals surface area contributed by atoms with E-state index in [0.29, 0.717) is 5.92 Å². The molecule has 0 spiro atoms. The first kappa shape index (κ1) is 10.6. The molecule has 1 aliphatic rings. The smallest absolute Gasteiger partial charge is 0.123 e. The minimum absolute atomic E-state index is 0.152. The van der Waals surface area contributed by atoms with Crippen LogP contribution in [-0.4, -0.2) is 6.04 Å². The SMILES string of the molecule is Cc1cc(F)ccc1C1CCCCC1N. The second-order valence-corrected chi connectivity index (χ2v) is 4.56. The Hall–Kier alpha value is -0.890. The van der Waals surface area contributed by atoms with Gasteiger partial charge in [-0.3, -0.25) is 0 Å². The van der Waals surface area contributed by atoms with Crippen LogP contribution in [0.25, 0.3) is 0 Å². The van der Waals surface area contributed by atoms with Crippen molar-refractivity contribution in [2.45, 2.75) is 44.6 Å². The fourth-order valence-electron chi connectivity index (χ4n) is 2.60. The minimum atomic E-state index is -0.152. The van der Waals surface area contributed by atoms with Gasteiger partial charge in [0.2, 0.25) is 0 Å². The molecule has 1 aromatic carbocycles. The zero-order chi connectivity index (χ0) is 10.8. The molecular weight excluding hydrogens is 189 g/mol. The zero-order valence-corrected chi connectivity index (χ0v) is 9.17. The Kier molecular flexibility index (Phi) is 3.06. The third kappa shape index (κ3) is 2.20. The van der Waals surface area contributed by atoms with Crippen molar-refractivity contribution in [3.05, 3.63) is 35.1 Å². The average Bonchev–Trinajstić information content (AvgIpc) is 2.20. The lowest BCUT2D eigenvalue weighted by Crippen LogP contribution is -2.31. The molecule has 1 aliphatic carbocycles. The monoisotopic (exact) mass is 207 g/mol. The van der Waals surface area contributed by atoms with Crippen molar-refractivity contribution in [1.82, 2.24) is 0 Å². The second-order valence-electron chi connectivity index (χ2n) is 4.56. The van der Waals surface area contributed by atoms with Gasteiger partial charge in [-0.2, -0.15) is 0 Å².